The van der Waals surface area contributed by atoms with E-state index in [1.807, 2.05) is 18.2 Å². The SMILES string of the molecule is O=C(CNCC1CC1)NCc1ccc2c(c1)OCO2. The van der Waals surface area contributed by atoms with Gasteiger partial charge >= 0.3 is 0 Å². The second-order valence-electron chi connectivity index (χ2n) is 5.04. The molecule has 1 aromatic carbocycles. The van der Waals surface area contributed by atoms with Crippen LogP contribution in [0.1, 0.15) is 18.4 Å². The summed E-state index contributed by atoms with van der Waals surface area (Å²) in [4.78, 5) is 11.6. The smallest absolute Gasteiger partial charge is 0.234 e. The third-order valence-electron chi connectivity index (χ3n) is 3.34. The van der Waals surface area contributed by atoms with E-state index in [1.54, 1.807) is 0 Å². The molecule has 2 aliphatic rings. The molecule has 1 saturated carbocycles. The van der Waals surface area contributed by atoms with Crippen LogP contribution in [0.25, 0.3) is 0 Å². The molecule has 0 atom stereocenters. The average Bonchev–Trinajstić information content (AvgIpc) is 3.12. The molecule has 1 heterocycles. The highest BCUT2D eigenvalue weighted by Gasteiger charge is 2.20. The lowest BCUT2D eigenvalue weighted by molar-refractivity contribution is -0.120. The summed E-state index contributed by atoms with van der Waals surface area (Å²) in [5, 5.41) is 6.05. The number of amides is 1. The predicted molar refractivity (Wildman–Crippen MR) is 70.0 cm³/mol. The molecule has 0 unspecified atom stereocenters. The van der Waals surface area contributed by atoms with Crippen molar-refractivity contribution in [3.8, 4) is 11.5 Å². The zero-order valence-electron chi connectivity index (χ0n) is 10.8. The molecule has 1 aromatic rings. The Morgan fingerprint density at radius 2 is 2.11 bits per heavy atom. The molecule has 0 spiro atoms. The van der Waals surface area contributed by atoms with Crippen LogP contribution in [-0.4, -0.2) is 25.8 Å². The fraction of sp³-hybridized carbons (Fsp3) is 0.500. The maximum Gasteiger partial charge on any atom is 0.234 e. The lowest BCUT2D eigenvalue weighted by atomic mass is 10.2. The van der Waals surface area contributed by atoms with E-state index in [0.717, 1.165) is 29.5 Å². The minimum atomic E-state index is 0.0262. The van der Waals surface area contributed by atoms with Crippen LogP contribution >= 0.6 is 0 Å². The summed E-state index contributed by atoms with van der Waals surface area (Å²) >= 11 is 0. The number of nitrogens with one attached hydrogen (secondary N) is 2. The van der Waals surface area contributed by atoms with E-state index in [0.29, 0.717) is 13.1 Å². The third kappa shape index (κ3) is 3.38. The zero-order valence-corrected chi connectivity index (χ0v) is 10.8. The van der Waals surface area contributed by atoms with Crippen LogP contribution in [0.5, 0.6) is 11.5 Å². The summed E-state index contributed by atoms with van der Waals surface area (Å²) in [6.07, 6.45) is 2.59. The van der Waals surface area contributed by atoms with Crippen LogP contribution in [0.3, 0.4) is 0 Å². The van der Waals surface area contributed by atoms with Crippen LogP contribution in [0, 0.1) is 5.92 Å². The number of ether oxygens (including phenoxy) is 2. The van der Waals surface area contributed by atoms with Crippen molar-refractivity contribution >= 4 is 5.91 Å². The van der Waals surface area contributed by atoms with Crippen molar-refractivity contribution in [2.24, 2.45) is 5.92 Å². The standard InChI is InChI=1S/C14H18N2O3/c17-14(8-15-6-10-1-2-10)16-7-11-3-4-12-13(5-11)19-9-18-12/h3-5,10,15H,1-2,6-9H2,(H,16,17). The molecule has 0 saturated heterocycles. The first-order chi connectivity index (χ1) is 9.31. The topological polar surface area (TPSA) is 59.6 Å². The third-order valence-corrected chi connectivity index (χ3v) is 3.34. The quantitative estimate of drug-likeness (QED) is 0.804. The number of carbonyl (C=O) groups excluding carboxylic acids is 1. The van der Waals surface area contributed by atoms with Gasteiger partial charge in [-0.3, -0.25) is 4.79 Å². The number of benzene rings is 1. The van der Waals surface area contributed by atoms with Gasteiger partial charge in [-0.2, -0.15) is 0 Å². The van der Waals surface area contributed by atoms with E-state index in [9.17, 15) is 4.79 Å². The van der Waals surface area contributed by atoms with E-state index < -0.39 is 0 Å². The Hall–Kier alpha value is -1.75. The lowest BCUT2D eigenvalue weighted by Gasteiger charge is -2.07. The van der Waals surface area contributed by atoms with Gasteiger partial charge in [-0.1, -0.05) is 6.07 Å². The molecular weight excluding hydrogens is 244 g/mol. The van der Waals surface area contributed by atoms with Gasteiger partial charge in [0, 0.05) is 6.54 Å². The van der Waals surface area contributed by atoms with E-state index in [1.165, 1.54) is 12.8 Å². The van der Waals surface area contributed by atoms with Crippen molar-refractivity contribution in [2.45, 2.75) is 19.4 Å². The van der Waals surface area contributed by atoms with Crippen LogP contribution in [0.15, 0.2) is 18.2 Å². The highest BCUT2D eigenvalue weighted by molar-refractivity contribution is 5.78. The second-order valence-corrected chi connectivity index (χ2v) is 5.04. The predicted octanol–water partition coefficient (Wildman–Crippen LogP) is 1.03. The summed E-state index contributed by atoms with van der Waals surface area (Å²) in [7, 11) is 0. The van der Waals surface area contributed by atoms with Gasteiger partial charge in [-0.15, -0.1) is 0 Å². The van der Waals surface area contributed by atoms with E-state index in [2.05, 4.69) is 10.6 Å². The number of carbonyl (C=O) groups is 1. The van der Waals surface area contributed by atoms with E-state index in [-0.39, 0.29) is 12.7 Å². The molecule has 3 rings (SSSR count). The van der Waals surface area contributed by atoms with Crippen molar-refractivity contribution in [3.05, 3.63) is 23.8 Å². The van der Waals surface area contributed by atoms with Gasteiger partial charge in [-0.05, 0) is 43.0 Å². The Kier molecular flexibility index (Phi) is 3.55. The zero-order chi connectivity index (χ0) is 13.1. The molecule has 1 aliphatic heterocycles. The maximum atomic E-state index is 11.6. The Morgan fingerprint density at radius 1 is 1.26 bits per heavy atom. The normalized spacial score (nSPS) is 16.4. The fourth-order valence-corrected chi connectivity index (χ4v) is 2.03. The molecule has 1 fully saturated rings. The molecule has 1 amide bonds. The molecule has 102 valence electrons. The second kappa shape index (κ2) is 5.48. The van der Waals surface area contributed by atoms with Gasteiger partial charge in [0.1, 0.15) is 0 Å². The van der Waals surface area contributed by atoms with Crippen molar-refractivity contribution in [1.29, 1.82) is 0 Å². The number of hydrogen-bond donors (Lipinski definition) is 2. The van der Waals surface area contributed by atoms with Gasteiger partial charge in [0.05, 0.1) is 6.54 Å². The largest absolute Gasteiger partial charge is 0.454 e. The van der Waals surface area contributed by atoms with Crippen molar-refractivity contribution in [1.82, 2.24) is 10.6 Å². The minimum Gasteiger partial charge on any atom is -0.454 e. The number of hydrogen-bond acceptors (Lipinski definition) is 4. The molecule has 0 radical (unpaired) electrons. The highest BCUT2D eigenvalue weighted by atomic mass is 16.7. The van der Waals surface area contributed by atoms with Gasteiger partial charge in [0.2, 0.25) is 12.7 Å². The molecular formula is C14H18N2O3. The molecule has 5 heteroatoms. The molecule has 1 aliphatic carbocycles. The summed E-state index contributed by atoms with van der Waals surface area (Å²) in [5.41, 5.74) is 1.01. The molecule has 19 heavy (non-hydrogen) atoms. The Morgan fingerprint density at radius 3 is 2.95 bits per heavy atom. The Labute approximate surface area is 112 Å². The van der Waals surface area contributed by atoms with Crippen LogP contribution in [0.2, 0.25) is 0 Å². The molecule has 2 N–H and O–H groups in total. The van der Waals surface area contributed by atoms with Crippen molar-refractivity contribution in [3.63, 3.8) is 0 Å². The van der Waals surface area contributed by atoms with Crippen LogP contribution in [-0.2, 0) is 11.3 Å². The van der Waals surface area contributed by atoms with E-state index >= 15 is 0 Å². The molecule has 5 nitrogen and oxygen atoms in total. The summed E-state index contributed by atoms with van der Waals surface area (Å²) in [6.45, 7) is 2.13. The molecule has 0 aromatic heterocycles. The van der Waals surface area contributed by atoms with Gasteiger partial charge in [0.25, 0.3) is 0 Å². The summed E-state index contributed by atoms with van der Waals surface area (Å²) < 4.78 is 10.5. The van der Waals surface area contributed by atoms with Gasteiger partial charge in [0.15, 0.2) is 11.5 Å². The Bertz CT molecular complexity index is 472. The fourth-order valence-electron chi connectivity index (χ4n) is 2.03. The van der Waals surface area contributed by atoms with E-state index in [4.69, 9.17) is 9.47 Å². The van der Waals surface area contributed by atoms with Crippen molar-refractivity contribution in [2.75, 3.05) is 19.9 Å². The van der Waals surface area contributed by atoms with Crippen LogP contribution in [0.4, 0.5) is 0 Å². The first kappa shape index (κ1) is 12.3. The first-order valence-electron chi connectivity index (χ1n) is 6.67. The average molecular weight is 262 g/mol. The molecule has 0 bridgehead atoms. The minimum absolute atomic E-state index is 0.0262. The Balaban J connectivity index is 1.42. The lowest BCUT2D eigenvalue weighted by Crippen LogP contribution is -2.34. The van der Waals surface area contributed by atoms with Gasteiger partial charge in [-0.25, -0.2) is 0 Å². The van der Waals surface area contributed by atoms with Crippen LogP contribution < -0.4 is 20.1 Å². The number of fused-ring (bicyclic) bond motifs is 1. The first-order valence-corrected chi connectivity index (χ1v) is 6.67. The summed E-state index contributed by atoms with van der Waals surface area (Å²) in [6, 6.07) is 5.71. The van der Waals surface area contributed by atoms with Gasteiger partial charge < -0.3 is 20.1 Å². The van der Waals surface area contributed by atoms with Crippen molar-refractivity contribution < 1.29 is 14.3 Å². The number of rotatable bonds is 6. The monoisotopic (exact) mass is 262 g/mol. The maximum absolute atomic E-state index is 11.6. The highest BCUT2D eigenvalue weighted by Crippen LogP contribution is 2.32. The summed E-state index contributed by atoms with van der Waals surface area (Å²) in [5.74, 6) is 2.33.